The van der Waals surface area contributed by atoms with Crippen LogP contribution in [0.15, 0.2) is 11.6 Å². The summed E-state index contributed by atoms with van der Waals surface area (Å²) in [5.41, 5.74) is 1.62. The predicted molar refractivity (Wildman–Crippen MR) is 59.3 cm³/mol. The molecule has 3 aliphatic rings. The van der Waals surface area contributed by atoms with Gasteiger partial charge in [-0.3, -0.25) is 4.79 Å². The number of amides is 1. The van der Waals surface area contributed by atoms with Crippen LogP contribution in [-0.4, -0.2) is 12.5 Å². The summed E-state index contributed by atoms with van der Waals surface area (Å²) < 4.78 is 0. The van der Waals surface area contributed by atoms with E-state index in [1.165, 1.54) is 25.7 Å². The van der Waals surface area contributed by atoms with Gasteiger partial charge in [0.15, 0.2) is 0 Å². The lowest BCUT2D eigenvalue weighted by Crippen LogP contribution is -2.34. The van der Waals surface area contributed by atoms with Gasteiger partial charge in [0.25, 0.3) is 0 Å². The normalized spacial score (nSPS) is 36.1. The first-order valence-electron chi connectivity index (χ1n) is 6.31. The summed E-state index contributed by atoms with van der Waals surface area (Å²) in [5.74, 6) is 2.54. The monoisotopic (exact) mass is 205 g/mol. The molecule has 0 spiro atoms. The molecule has 0 saturated heterocycles. The van der Waals surface area contributed by atoms with Crippen LogP contribution in [0, 0.1) is 17.8 Å². The van der Waals surface area contributed by atoms with Crippen LogP contribution in [0.25, 0.3) is 0 Å². The Morgan fingerprint density at radius 2 is 2.27 bits per heavy atom. The Bertz CT molecular complexity index is 304. The SMILES string of the molecule is O=C(NC/C=C1/CCC2CC12)C1CCC1. The molecule has 0 heterocycles. The number of nitrogens with one attached hydrogen (secondary N) is 1. The van der Waals surface area contributed by atoms with Crippen molar-refractivity contribution in [3.8, 4) is 0 Å². The molecule has 1 N–H and O–H groups in total. The Hall–Kier alpha value is -0.790. The third kappa shape index (κ3) is 1.82. The molecule has 0 aliphatic heterocycles. The standard InChI is InChI=1S/C13H19NO/c15-13(10-2-1-3-10)14-7-6-9-4-5-11-8-12(9)11/h6,10-12H,1-5,7-8H2,(H,14,15)/b9-6-. The summed E-state index contributed by atoms with van der Waals surface area (Å²) in [5, 5.41) is 3.04. The van der Waals surface area contributed by atoms with Gasteiger partial charge in [0.1, 0.15) is 0 Å². The molecule has 0 bridgehead atoms. The third-order valence-electron chi connectivity index (χ3n) is 4.32. The molecule has 0 aromatic carbocycles. The van der Waals surface area contributed by atoms with Crippen molar-refractivity contribution in [3.05, 3.63) is 11.6 Å². The Kier molecular flexibility index (Phi) is 2.30. The van der Waals surface area contributed by atoms with Crippen LogP contribution in [0.1, 0.15) is 38.5 Å². The maximum absolute atomic E-state index is 11.6. The molecule has 1 amide bonds. The van der Waals surface area contributed by atoms with Gasteiger partial charge in [0.2, 0.25) is 5.91 Å². The topological polar surface area (TPSA) is 29.1 Å². The highest BCUT2D eigenvalue weighted by Gasteiger charge is 2.44. The summed E-state index contributed by atoms with van der Waals surface area (Å²) in [6, 6.07) is 0. The molecule has 2 heteroatoms. The van der Waals surface area contributed by atoms with Gasteiger partial charge < -0.3 is 5.32 Å². The first-order chi connectivity index (χ1) is 7.34. The Morgan fingerprint density at radius 3 is 2.80 bits per heavy atom. The fourth-order valence-corrected chi connectivity index (χ4v) is 2.91. The van der Waals surface area contributed by atoms with E-state index in [1.54, 1.807) is 5.57 Å². The van der Waals surface area contributed by atoms with Gasteiger partial charge in [0.05, 0.1) is 0 Å². The van der Waals surface area contributed by atoms with E-state index in [0.717, 1.165) is 31.2 Å². The molecule has 3 rings (SSSR count). The second-order valence-electron chi connectivity index (χ2n) is 5.29. The Morgan fingerprint density at radius 1 is 1.40 bits per heavy atom. The summed E-state index contributed by atoms with van der Waals surface area (Å²) in [4.78, 5) is 11.6. The lowest BCUT2D eigenvalue weighted by Gasteiger charge is -2.23. The zero-order valence-electron chi connectivity index (χ0n) is 9.17. The van der Waals surface area contributed by atoms with Gasteiger partial charge in [-0.1, -0.05) is 18.1 Å². The first kappa shape index (κ1) is 9.44. The first-order valence-corrected chi connectivity index (χ1v) is 6.31. The van der Waals surface area contributed by atoms with E-state index in [-0.39, 0.29) is 5.91 Å². The number of hydrogen-bond donors (Lipinski definition) is 1. The van der Waals surface area contributed by atoms with Crippen molar-refractivity contribution in [2.24, 2.45) is 17.8 Å². The van der Waals surface area contributed by atoms with Crippen molar-refractivity contribution in [3.63, 3.8) is 0 Å². The number of fused-ring (bicyclic) bond motifs is 1. The van der Waals surface area contributed by atoms with Gasteiger partial charge in [0, 0.05) is 12.5 Å². The molecule has 15 heavy (non-hydrogen) atoms. The maximum Gasteiger partial charge on any atom is 0.223 e. The lowest BCUT2D eigenvalue weighted by molar-refractivity contribution is -0.127. The highest BCUT2D eigenvalue weighted by molar-refractivity contribution is 5.79. The average molecular weight is 205 g/mol. The molecule has 3 saturated carbocycles. The second kappa shape index (κ2) is 3.66. The average Bonchev–Trinajstić information content (AvgIpc) is 2.80. The second-order valence-corrected chi connectivity index (χ2v) is 5.29. The number of rotatable bonds is 3. The third-order valence-corrected chi connectivity index (χ3v) is 4.32. The molecule has 2 atom stereocenters. The smallest absolute Gasteiger partial charge is 0.223 e. The van der Waals surface area contributed by atoms with Gasteiger partial charge in [-0.25, -0.2) is 0 Å². The van der Waals surface area contributed by atoms with E-state index >= 15 is 0 Å². The van der Waals surface area contributed by atoms with Crippen molar-refractivity contribution >= 4 is 5.91 Å². The summed E-state index contributed by atoms with van der Waals surface area (Å²) >= 11 is 0. The predicted octanol–water partition coefficient (Wildman–Crippen LogP) is 2.26. The molecular formula is C13H19NO. The molecule has 2 nitrogen and oxygen atoms in total. The van der Waals surface area contributed by atoms with Gasteiger partial charge >= 0.3 is 0 Å². The van der Waals surface area contributed by atoms with E-state index in [2.05, 4.69) is 11.4 Å². The highest BCUT2D eigenvalue weighted by Crippen LogP contribution is 2.54. The molecular weight excluding hydrogens is 186 g/mol. The van der Waals surface area contributed by atoms with Crippen LogP contribution in [0.4, 0.5) is 0 Å². The van der Waals surface area contributed by atoms with Crippen molar-refractivity contribution in [1.82, 2.24) is 5.32 Å². The van der Waals surface area contributed by atoms with Crippen LogP contribution >= 0.6 is 0 Å². The Labute approximate surface area is 91.1 Å². The van der Waals surface area contributed by atoms with Crippen molar-refractivity contribution in [1.29, 1.82) is 0 Å². The zero-order chi connectivity index (χ0) is 10.3. The van der Waals surface area contributed by atoms with Crippen molar-refractivity contribution in [2.75, 3.05) is 6.54 Å². The quantitative estimate of drug-likeness (QED) is 0.703. The highest BCUT2D eigenvalue weighted by atomic mass is 16.1. The lowest BCUT2D eigenvalue weighted by atomic mass is 9.85. The molecule has 82 valence electrons. The summed E-state index contributed by atoms with van der Waals surface area (Å²) in [6.45, 7) is 0.772. The molecule has 2 unspecified atom stereocenters. The van der Waals surface area contributed by atoms with Crippen LogP contribution in [0.2, 0.25) is 0 Å². The van der Waals surface area contributed by atoms with Crippen LogP contribution in [-0.2, 0) is 4.79 Å². The van der Waals surface area contributed by atoms with Crippen LogP contribution in [0.5, 0.6) is 0 Å². The largest absolute Gasteiger partial charge is 0.352 e. The maximum atomic E-state index is 11.6. The number of hydrogen-bond acceptors (Lipinski definition) is 1. The van der Waals surface area contributed by atoms with Gasteiger partial charge in [-0.05, 0) is 43.9 Å². The van der Waals surface area contributed by atoms with E-state index in [1.807, 2.05) is 0 Å². The van der Waals surface area contributed by atoms with Gasteiger partial charge in [-0.2, -0.15) is 0 Å². The van der Waals surface area contributed by atoms with Crippen LogP contribution < -0.4 is 5.32 Å². The summed E-state index contributed by atoms with van der Waals surface area (Å²) in [6.07, 6.45) is 9.82. The number of carbonyl (C=O) groups excluding carboxylic acids is 1. The molecule has 0 radical (unpaired) electrons. The Balaban J connectivity index is 1.44. The fourth-order valence-electron chi connectivity index (χ4n) is 2.91. The minimum Gasteiger partial charge on any atom is -0.352 e. The van der Waals surface area contributed by atoms with E-state index in [9.17, 15) is 4.79 Å². The van der Waals surface area contributed by atoms with Crippen molar-refractivity contribution < 1.29 is 4.79 Å². The van der Waals surface area contributed by atoms with Gasteiger partial charge in [-0.15, -0.1) is 0 Å². The summed E-state index contributed by atoms with van der Waals surface area (Å²) in [7, 11) is 0. The van der Waals surface area contributed by atoms with E-state index in [0.29, 0.717) is 5.92 Å². The zero-order valence-corrected chi connectivity index (χ0v) is 9.17. The molecule has 3 fully saturated rings. The van der Waals surface area contributed by atoms with E-state index in [4.69, 9.17) is 0 Å². The molecule has 3 aliphatic carbocycles. The van der Waals surface area contributed by atoms with Crippen LogP contribution in [0.3, 0.4) is 0 Å². The minimum absolute atomic E-state index is 0.281. The minimum atomic E-state index is 0.281. The van der Waals surface area contributed by atoms with Crippen molar-refractivity contribution in [2.45, 2.75) is 38.5 Å². The number of carbonyl (C=O) groups is 1. The number of allylic oxidation sites excluding steroid dienone is 1. The molecule has 0 aromatic heterocycles. The van der Waals surface area contributed by atoms with E-state index < -0.39 is 0 Å². The fraction of sp³-hybridized carbons (Fsp3) is 0.769. The molecule has 0 aromatic rings.